The lowest BCUT2D eigenvalue weighted by Crippen LogP contribution is -2.26. The van der Waals surface area contributed by atoms with Gasteiger partial charge in [0, 0.05) is 27.2 Å². The van der Waals surface area contributed by atoms with E-state index in [0.29, 0.717) is 16.5 Å². The molecule has 0 aliphatic heterocycles. The van der Waals surface area contributed by atoms with Crippen LogP contribution in [-0.2, 0) is 37.0 Å². The van der Waals surface area contributed by atoms with E-state index in [2.05, 4.69) is 66.1 Å². The Morgan fingerprint density at radius 1 is 1.22 bits per heavy atom. The van der Waals surface area contributed by atoms with E-state index in [4.69, 9.17) is 0 Å². The molecule has 3 aromatic heterocycles. The van der Waals surface area contributed by atoms with Crippen LogP contribution in [0.1, 0.15) is 73.9 Å². The van der Waals surface area contributed by atoms with Crippen molar-refractivity contribution in [1.29, 1.82) is 5.26 Å². The van der Waals surface area contributed by atoms with Crippen LogP contribution in [0.15, 0.2) is 10.5 Å². The van der Waals surface area contributed by atoms with E-state index < -0.39 is 0 Å². The van der Waals surface area contributed by atoms with Gasteiger partial charge in [0.15, 0.2) is 11.0 Å². The Labute approximate surface area is 231 Å². The molecule has 9 heteroatoms. The molecular formula is C28H35N5OS3. The van der Waals surface area contributed by atoms with Gasteiger partial charge in [-0.25, -0.2) is 0 Å². The van der Waals surface area contributed by atoms with Gasteiger partial charge in [0.25, 0.3) is 0 Å². The van der Waals surface area contributed by atoms with Crippen LogP contribution in [0.2, 0.25) is 0 Å². The van der Waals surface area contributed by atoms with Crippen LogP contribution in [-0.4, -0.2) is 26.4 Å². The maximum Gasteiger partial charge on any atom is 0.235 e. The number of anilines is 1. The quantitative estimate of drug-likeness (QED) is 0.333. The number of hydrogen-bond acceptors (Lipinski definition) is 7. The van der Waals surface area contributed by atoms with Crippen molar-refractivity contribution in [3.05, 3.63) is 31.8 Å². The maximum atomic E-state index is 13.0. The number of thiophene rings is 2. The largest absolute Gasteiger partial charge is 0.316 e. The van der Waals surface area contributed by atoms with Crippen LogP contribution < -0.4 is 5.32 Å². The molecule has 0 saturated carbocycles. The topological polar surface area (TPSA) is 83.6 Å². The molecule has 0 aromatic carbocycles. The summed E-state index contributed by atoms with van der Waals surface area (Å²) in [5.74, 6) is 2.36. The van der Waals surface area contributed by atoms with Crippen molar-refractivity contribution >= 4 is 45.3 Å². The average Bonchev–Trinajstić information content (AvgIpc) is 3.55. The lowest BCUT2D eigenvalue weighted by Gasteiger charge is -2.33. The second kappa shape index (κ2) is 10.5. The zero-order chi connectivity index (χ0) is 26.3. The van der Waals surface area contributed by atoms with Crippen LogP contribution >= 0.6 is 34.4 Å². The standard InChI is InChI=1S/C28H35N5OS3/c1-6-33-25(21-14-35-22-11-16(2)7-9-19(21)22)31-32-27(33)36-15-24(34)30-26-20(13-29)18-10-8-17(28(3,4)5)12-23(18)37-26/h14,16-17H,6-12,15H2,1-5H3,(H,30,34). The number of hydrogen-bond donors (Lipinski definition) is 1. The average molecular weight is 554 g/mol. The molecule has 2 aliphatic rings. The van der Waals surface area contributed by atoms with E-state index in [1.807, 2.05) is 11.3 Å². The van der Waals surface area contributed by atoms with Crippen LogP contribution in [0.5, 0.6) is 0 Å². The van der Waals surface area contributed by atoms with Gasteiger partial charge in [0.2, 0.25) is 5.91 Å². The van der Waals surface area contributed by atoms with Crippen molar-refractivity contribution in [1.82, 2.24) is 14.8 Å². The third kappa shape index (κ3) is 5.25. The highest BCUT2D eigenvalue weighted by atomic mass is 32.2. The summed E-state index contributed by atoms with van der Waals surface area (Å²) < 4.78 is 2.12. The fourth-order valence-corrected chi connectivity index (χ4v) is 8.91. The highest BCUT2D eigenvalue weighted by Gasteiger charge is 2.32. The van der Waals surface area contributed by atoms with Gasteiger partial charge in [-0.2, -0.15) is 5.26 Å². The molecule has 3 heterocycles. The van der Waals surface area contributed by atoms with Gasteiger partial charge in [-0.3, -0.25) is 4.79 Å². The summed E-state index contributed by atoms with van der Waals surface area (Å²) in [6.45, 7) is 12.0. The first kappa shape index (κ1) is 26.5. The van der Waals surface area contributed by atoms with Crippen molar-refractivity contribution in [2.45, 2.75) is 84.8 Å². The fraction of sp³-hybridized carbons (Fsp3) is 0.571. The van der Waals surface area contributed by atoms with Crippen molar-refractivity contribution in [3.63, 3.8) is 0 Å². The number of thioether (sulfide) groups is 1. The first-order chi connectivity index (χ1) is 17.7. The minimum absolute atomic E-state index is 0.110. The molecular weight excluding hydrogens is 519 g/mol. The molecule has 37 heavy (non-hydrogen) atoms. The summed E-state index contributed by atoms with van der Waals surface area (Å²) in [5.41, 5.74) is 4.66. The molecule has 0 spiro atoms. The Bertz CT molecular complexity index is 1350. The molecule has 6 nitrogen and oxygen atoms in total. The molecule has 0 bridgehead atoms. The van der Waals surface area contributed by atoms with Crippen LogP contribution in [0, 0.1) is 28.6 Å². The van der Waals surface area contributed by atoms with E-state index >= 15 is 0 Å². The maximum absolute atomic E-state index is 13.0. The van der Waals surface area contributed by atoms with Crippen LogP contribution in [0.3, 0.4) is 0 Å². The monoisotopic (exact) mass is 553 g/mol. The van der Waals surface area contributed by atoms with Gasteiger partial charge >= 0.3 is 0 Å². The van der Waals surface area contributed by atoms with Crippen LogP contribution in [0.25, 0.3) is 11.4 Å². The second-order valence-corrected chi connectivity index (χ2v) is 14.4. The Balaban J connectivity index is 1.28. The van der Waals surface area contributed by atoms with Gasteiger partial charge in [-0.15, -0.1) is 32.9 Å². The summed E-state index contributed by atoms with van der Waals surface area (Å²) >= 11 is 4.83. The summed E-state index contributed by atoms with van der Waals surface area (Å²) in [5, 5.41) is 25.6. The molecule has 0 saturated heterocycles. The van der Waals surface area contributed by atoms with Gasteiger partial charge in [0.1, 0.15) is 11.1 Å². The zero-order valence-corrected chi connectivity index (χ0v) is 24.8. The summed E-state index contributed by atoms with van der Waals surface area (Å²) in [4.78, 5) is 15.7. The molecule has 1 N–H and O–H groups in total. The molecule has 1 amide bonds. The Morgan fingerprint density at radius 2 is 2.00 bits per heavy atom. The van der Waals surface area contributed by atoms with Gasteiger partial charge in [-0.1, -0.05) is 39.5 Å². The number of nitrogens with one attached hydrogen (secondary N) is 1. The summed E-state index contributed by atoms with van der Waals surface area (Å²) in [6.07, 6.45) is 6.44. The first-order valence-electron chi connectivity index (χ1n) is 13.2. The van der Waals surface area contributed by atoms with Crippen molar-refractivity contribution in [2.75, 3.05) is 11.1 Å². The number of carbonyl (C=O) groups is 1. The van der Waals surface area contributed by atoms with Crippen molar-refractivity contribution < 1.29 is 4.79 Å². The zero-order valence-electron chi connectivity index (χ0n) is 22.3. The lowest BCUT2D eigenvalue weighted by atomic mass is 9.72. The van der Waals surface area contributed by atoms with Gasteiger partial charge in [0.05, 0.1) is 11.3 Å². The molecule has 5 rings (SSSR count). The number of aromatic nitrogens is 3. The number of amides is 1. The molecule has 2 aliphatic carbocycles. The number of nitriles is 1. The minimum Gasteiger partial charge on any atom is -0.316 e. The van der Waals surface area contributed by atoms with Gasteiger partial charge in [-0.05, 0) is 73.8 Å². The number of carbonyl (C=O) groups excluding carboxylic acids is 1. The van der Waals surface area contributed by atoms with Crippen molar-refractivity contribution in [2.24, 2.45) is 17.3 Å². The van der Waals surface area contributed by atoms with Gasteiger partial charge < -0.3 is 9.88 Å². The highest BCUT2D eigenvalue weighted by Crippen LogP contribution is 2.44. The Kier molecular flexibility index (Phi) is 7.54. The Morgan fingerprint density at radius 3 is 2.73 bits per heavy atom. The predicted octanol–water partition coefficient (Wildman–Crippen LogP) is 6.97. The van der Waals surface area contributed by atoms with E-state index in [-0.39, 0.29) is 17.1 Å². The molecule has 3 aromatic rings. The lowest BCUT2D eigenvalue weighted by molar-refractivity contribution is -0.113. The number of nitrogens with zero attached hydrogens (tertiary/aromatic N) is 4. The first-order valence-corrected chi connectivity index (χ1v) is 15.9. The molecule has 196 valence electrons. The summed E-state index contributed by atoms with van der Waals surface area (Å²) in [7, 11) is 0. The van der Waals surface area contributed by atoms with Crippen molar-refractivity contribution in [3.8, 4) is 17.5 Å². The third-order valence-corrected chi connectivity index (χ3v) is 11.1. The second-order valence-electron chi connectivity index (χ2n) is 11.4. The van der Waals surface area contributed by atoms with Crippen LogP contribution in [0.4, 0.5) is 5.00 Å². The van der Waals surface area contributed by atoms with E-state index in [1.54, 1.807) is 11.3 Å². The smallest absolute Gasteiger partial charge is 0.235 e. The normalized spacial score (nSPS) is 19.2. The number of rotatable bonds is 6. The Hall–Kier alpha value is -2.15. The number of fused-ring (bicyclic) bond motifs is 2. The SMILES string of the molecule is CCn1c(SCC(=O)Nc2sc3c(c2C#N)CCC(C(C)(C)C)C3)nnc1-c1csc2c1CCC(C)C2. The van der Waals surface area contributed by atoms with E-state index in [0.717, 1.165) is 61.1 Å². The summed E-state index contributed by atoms with van der Waals surface area (Å²) in [6, 6.07) is 2.36. The predicted molar refractivity (Wildman–Crippen MR) is 154 cm³/mol. The highest BCUT2D eigenvalue weighted by molar-refractivity contribution is 7.99. The molecule has 0 fully saturated rings. The third-order valence-electron chi connectivity index (χ3n) is 7.86. The molecule has 0 radical (unpaired) electrons. The van der Waals surface area contributed by atoms with E-state index in [9.17, 15) is 10.1 Å². The molecule has 2 atom stereocenters. The fourth-order valence-electron chi connectivity index (χ4n) is 5.57. The minimum atomic E-state index is -0.110. The molecule has 2 unspecified atom stereocenters. The van der Waals surface area contributed by atoms with E-state index in [1.165, 1.54) is 39.1 Å².